The van der Waals surface area contributed by atoms with Crippen molar-refractivity contribution in [3.05, 3.63) is 47.5 Å². The fraction of sp³-hybridized carbons (Fsp3) is 0.0909. The number of halogens is 2. The lowest BCUT2D eigenvalue weighted by molar-refractivity contribution is 1.18. The molecule has 2 aromatic rings. The summed E-state index contributed by atoms with van der Waals surface area (Å²) in [4.78, 5) is 8.25. The Bertz CT molecular complexity index is 459. The predicted molar refractivity (Wildman–Crippen MR) is 65.1 cm³/mol. The van der Waals surface area contributed by atoms with E-state index < -0.39 is 0 Å². The Morgan fingerprint density at radius 2 is 1.87 bits per heavy atom. The SMILES string of the molecule is Clc1ccc(-c2ccncc2)c(CBr)n1. The molecule has 0 amide bonds. The Hall–Kier alpha value is -0.930. The first kappa shape index (κ1) is 10.6. The minimum Gasteiger partial charge on any atom is -0.265 e. The number of alkyl halides is 1. The van der Waals surface area contributed by atoms with Crippen molar-refractivity contribution in [2.75, 3.05) is 0 Å². The molecule has 4 heteroatoms. The highest BCUT2D eigenvalue weighted by Crippen LogP contribution is 2.24. The van der Waals surface area contributed by atoms with Gasteiger partial charge in [0.2, 0.25) is 0 Å². The molecule has 2 nitrogen and oxygen atoms in total. The molecule has 2 aromatic heterocycles. The van der Waals surface area contributed by atoms with Crippen LogP contribution in [-0.4, -0.2) is 9.97 Å². The van der Waals surface area contributed by atoms with Gasteiger partial charge in [0.25, 0.3) is 0 Å². The van der Waals surface area contributed by atoms with Gasteiger partial charge >= 0.3 is 0 Å². The normalized spacial score (nSPS) is 10.3. The van der Waals surface area contributed by atoms with E-state index in [-0.39, 0.29) is 0 Å². The average Bonchev–Trinajstić information content (AvgIpc) is 2.30. The first-order valence-electron chi connectivity index (χ1n) is 4.43. The second-order valence-electron chi connectivity index (χ2n) is 3.00. The van der Waals surface area contributed by atoms with Crippen LogP contribution in [0.1, 0.15) is 5.69 Å². The summed E-state index contributed by atoms with van der Waals surface area (Å²) >= 11 is 9.24. The second kappa shape index (κ2) is 4.73. The number of rotatable bonds is 2. The van der Waals surface area contributed by atoms with E-state index in [1.807, 2.05) is 18.2 Å². The van der Waals surface area contributed by atoms with Crippen molar-refractivity contribution < 1.29 is 0 Å². The molecule has 76 valence electrons. The first-order chi connectivity index (χ1) is 7.31. The van der Waals surface area contributed by atoms with Crippen LogP contribution < -0.4 is 0 Å². The zero-order chi connectivity index (χ0) is 10.7. The topological polar surface area (TPSA) is 25.8 Å². The quantitative estimate of drug-likeness (QED) is 0.620. The first-order valence-corrected chi connectivity index (χ1v) is 5.93. The van der Waals surface area contributed by atoms with Crippen LogP contribution in [0.4, 0.5) is 0 Å². The predicted octanol–water partition coefficient (Wildman–Crippen LogP) is 3.69. The van der Waals surface area contributed by atoms with E-state index in [2.05, 4.69) is 25.9 Å². The monoisotopic (exact) mass is 282 g/mol. The zero-order valence-electron chi connectivity index (χ0n) is 7.82. The third kappa shape index (κ3) is 2.36. The lowest BCUT2D eigenvalue weighted by Gasteiger charge is -2.06. The van der Waals surface area contributed by atoms with Gasteiger partial charge < -0.3 is 0 Å². The highest BCUT2D eigenvalue weighted by Gasteiger charge is 2.05. The fourth-order valence-corrected chi connectivity index (χ4v) is 1.96. The van der Waals surface area contributed by atoms with Crippen LogP contribution in [-0.2, 0) is 5.33 Å². The molecule has 0 fully saturated rings. The summed E-state index contributed by atoms with van der Waals surface area (Å²) in [5.74, 6) is 0. The summed E-state index contributed by atoms with van der Waals surface area (Å²) in [7, 11) is 0. The summed E-state index contributed by atoms with van der Waals surface area (Å²) in [6.45, 7) is 0. The largest absolute Gasteiger partial charge is 0.265 e. The molecule has 0 radical (unpaired) electrons. The molecule has 0 aliphatic rings. The third-order valence-electron chi connectivity index (χ3n) is 2.06. The Morgan fingerprint density at radius 1 is 1.13 bits per heavy atom. The van der Waals surface area contributed by atoms with Crippen LogP contribution >= 0.6 is 27.5 Å². The molecule has 0 atom stereocenters. The van der Waals surface area contributed by atoms with Crippen LogP contribution in [0.5, 0.6) is 0 Å². The molecule has 0 aliphatic carbocycles. The van der Waals surface area contributed by atoms with E-state index in [4.69, 9.17) is 11.6 Å². The van der Waals surface area contributed by atoms with Gasteiger partial charge in [-0.3, -0.25) is 4.98 Å². The van der Waals surface area contributed by atoms with Crippen LogP contribution in [0.3, 0.4) is 0 Å². The average molecular weight is 284 g/mol. The van der Waals surface area contributed by atoms with Crippen molar-refractivity contribution in [1.82, 2.24) is 9.97 Å². The maximum absolute atomic E-state index is 5.84. The van der Waals surface area contributed by atoms with Crippen LogP contribution in [0.25, 0.3) is 11.1 Å². The lowest BCUT2D eigenvalue weighted by atomic mass is 10.1. The van der Waals surface area contributed by atoms with Gasteiger partial charge in [-0.2, -0.15) is 0 Å². The van der Waals surface area contributed by atoms with E-state index >= 15 is 0 Å². The number of hydrogen-bond acceptors (Lipinski definition) is 2. The van der Waals surface area contributed by atoms with Gasteiger partial charge in [-0.1, -0.05) is 27.5 Å². The van der Waals surface area contributed by atoms with Crippen molar-refractivity contribution in [1.29, 1.82) is 0 Å². The van der Waals surface area contributed by atoms with Crippen molar-refractivity contribution in [2.24, 2.45) is 0 Å². The molecule has 0 spiro atoms. The number of pyridine rings is 2. The molecule has 0 aromatic carbocycles. The van der Waals surface area contributed by atoms with E-state index in [0.29, 0.717) is 10.5 Å². The lowest BCUT2D eigenvalue weighted by Crippen LogP contribution is -1.91. The summed E-state index contributed by atoms with van der Waals surface area (Å²) in [6, 6.07) is 7.68. The maximum Gasteiger partial charge on any atom is 0.129 e. The van der Waals surface area contributed by atoms with E-state index in [0.717, 1.165) is 16.8 Å². The molecule has 2 rings (SSSR count). The minimum absolute atomic E-state index is 0.516. The Morgan fingerprint density at radius 3 is 2.53 bits per heavy atom. The standard InChI is InChI=1S/C11H8BrClN2/c12-7-10-9(1-2-11(13)15-10)8-3-5-14-6-4-8/h1-6H,7H2. The van der Waals surface area contributed by atoms with Crippen LogP contribution in [0.2, 0.25) is 5.15 Å². The van der Waals surface area contributed by atoms with Gasteiger partial charge in [-0.25, -0.2) is 4.98 Å². The van der Waals surface area contributed by atoms with Gasteiger partial charge in [-0.15, -0.1) is 0 Å². The van der Waals surface area contributed by atoms with E-state index in [1.165, 1.54) is 0 Å². The highest BCUT2D eigenvalue weighted by atomic mass is 79.9. The summed E-state index contributed by atoms with van der Waals surface area (Å²) in [6.07, 6.45) is 3.53. The Kier molecular flexibility index (Phi) is 3.34. The van der Waals surface area contributed by atoms with Crippen molar-refractivity contribution in [2.45, 2.75) is 5.33 Å². The van der Waals surface area contributed by atoms with Crippen molar-refractivity contribution in [3.63, 3.8) is 0 Å². The summed E-state index contributed by atoms with van der Waals surface area (Å²) in [5, 5.41) is 1.20. The second-order valence-corrected chi connectivity index (χ2v) is 3.95. The van der Waals surface area contributed by atoms with Crippen LogP contribution in [0, 0.1) is 0 Å². The number of hydrogen-bond donors (Lipinski definition) is 0. The highest BCUT2D eigenvalue weighted by molar-refractivity contribution is 9.08. The third-order valence-corrected chi connectivity index (χ3v) is 2.80. The fourth-order valence-electron chi connectivity index (χ4n) is 1.37. The number of nitrogens with zero attached hydrogens (tertiary/aromatic N) is 2. The summed E-state index contributed by atoms with van der Waals surface area (Å²) < 4.78 is 0. The van der Waals surface area contributed by atoms with E-state index in [9.17, 15) is 0 Å². The van der Waals surface area contributed by atoms with Gasteiger partial charge in [0.1, 0.15) is 5.15 Å². The van der Waals surface area contributed by atoms with Gasteiger partial charge in [0.05, 0.1) is 5.69 Å². The molecule has 0 unspecified atom stereocenters. The minimum atomic E-state index is 0.516. The molecule has 0 N–H and O–H groups in total. The zero-order valence-corrected chi connectivity index (χ0v) is 10.2. The van der Waals surface area contributed by atoms with Crippen molar-refractivity contribution in [3.8, 4) is 11.1 Å². The molecule has 0 saturated carbocycles. The van der Waals surface area contributed by atoms with Gasteiger partial charge in [0.15, 0.2) is 0 Å². The maximum atomic E-state index is 5.84. The Balaban J connectivity index is 2.53. The van der Waals surface area contributed by atoms with E-state index in [1.54, 1.807) is 18.5 Å². The summed E-state index contributed by atoms with van der Waals surface area (Å²) in [5.41, 5.74) is 3.12. The molecular weight excluding hydrogens is 275 g/mol. The van der Waals surface area contributed by atoms with Gasteiger partial charge in [-0.05, 0) is 29.8 Å². The molecule has 15 heavy (non-hydrogen) atoms. The van der Waals surface area contributed by atoms with Gasteiger partial charge in [0, 0.05) is 23.3 Å². The van der Waals surface area contributed by atoms with Crippen LogP contribution in [0.15, 0.2) is 36.7 Å². The van der Waals surface area contributed by atoms with Crippen molar-refractivity contribution >= 4 is 27.5 Å². The Labute approximate surface area is 101 Å². The number of aromatic nitrogens is 2. The molecule has 2 heterocycles. The molecule has 0 saturated heterocycles. The smallest absolute Gasteiger partial charge is 0.129 e. The molecule has 0 bridgehead atoms. The molecular formula is C11H8BrClN2. The molecule has 0 aliphatic heterocycles.